The molecular weight excluding hydrogens is 324 g/mol. The molecule has 0 aromatic carbocycles. The van der Waals surface area contributed by atoms with Crippen molar-refractivity contribution < 1.29 is 13.2 Å². The standard InChI is InChI=1S/C18H32N2O3S/c1-24(22,23)19-18(14-16-7-8-16)9-11-20(12-10-18)17(21)13-15-5-3-2-4-6-15/h15-16,19H,2-14H2,1H3. The Morgan fingerprint density at radius 2 is 1.67 bits per heavy atom. The normalized spacial score (nSPS) is 25.6. The fourth-order valence-electron chi connectivity index (χ4n) is 4.57. The van der Waals surface area contributed by atoms with Crippen molar-refractivity contribution in [3.63, 3.8) is 0 Å². The summed E-state index contributed by atoms with van der Waals surface area (Å²) < 4.78 is 26.5. The molecule has 1 saturated heterocycles. The van der Waals surface area contributed by atoms with Crippen LogP contribution >= 0.6 is 0 Å². The number of nitrogens with zero attached hydrogens (tertiary/aromatic N) is 1. The van der Waals surface area contributed by atoms with Crippen molar-refractivity contribution in [3.8, 4) is 0 Å². The van der Waals surface area contributed by atoms with Crippen LogP contribution in [0, 0.1) is 11.8 Å². The smallest absolute Gasteiger partial charge is 0.222 e. The van der Waals surface area contributed by atoms with Gasteiger partial charge in [0.15, 0.2) is 0 Å². The lowest BCUT2D eigenvalue weighted by Gasteiger charge is -2.42. The molecule has 0 spiro atoms. The van der Waals surface area contributed by atoms with Crippen LogP contribution in [0.4, 0.5) is 0 Å². The summed E-state index contributed by atoms with van der Waals surface area (Å²) in [6.45, 7) is 1.39. The fraction of sp³-hybridized carbons (Fsp3) is 0.944. The van der Waals surface area contributed by atoms with E-state index in [4.69, 9.17) is 0 Å². The number of carbonyl (C=O) groups excluding carboxylic acids is 1. The maximum atomic E-state index is 12.6. The summed E-state index contributed by atoms with van der Waals surface area (Å²) in [6.07, 6.45) is 13.1. The van der Waals surface area contributed by atoms with Crippen LogP contribution in [0.5, 0.6) is 0 Å². The van der Waals surface area contributed by atoms with E-state index in [0.717, 1.165) is 19.3 Å². The van der Waals surface area contributed by atoms with Gasteiger partial charge in [0.05, 0.1) is 6.26 Å². The van der Waals surface area contributed by atoms with E-state index in [0.29, 0.717) is 31.3 Å². The van der Waals surface area contributed by atoms with Crippen molar-refractivity contribution in [2.24, 2.45) is 11.8 Å². The van der Waals surface area contributed by atoms with E-state index in [2.05, 4.69) is 4.72 Å². The molecule has 138 valence electrons. The Bertz CT molecular complexity index is 543. The highest BCUT2D eigenvalue weighted by Crippen LogP contribution is 2.41. The second-order valence-electron chi connectivity index (χ2n) is 8.39. The highest BCUT2D eigenvalue weighted by molar-refractivity contribution is 7.88. The molecule has 0 unspecified atom stereocenters. The molecule has 1 aliphatic heterocycles. The molecule has 3 aliphatic rings. The highest BCUT2D eigenvalue weighted by Gasteiger charge is 2.42. The summed E-state index contributed by atoms with van der Waals surface area (Å²) in [7, 11) is -3.21. The minimum absolute atomic E-state index is 0.279. The van der Waals surface area contributed by atoms with Gasteiger partial charge in [-0.15, -0.1) is 0 Å². The van der Waals surface area contributed by atoms with Crippen molar-refractivity contribution in [1.29, 1.82) is 0 Å². The quantitative estimate of drug-likeness (QED) is 0.796. The second-order valence-corrected chi connectivity index (χ2v) is 10.1. The topological polar surface area (TPSA) is 66.5 Å². The summed E-state index contributed by atoms with van der Waals surface area (Å²) in [6, 6.07) is 0. The molecule has 0 radical (unpaired) electrons. The van der Waals surface area contributed by atoms with Gasteiger partial charge in [-0.2, -0.15) is 0 Å². The summed E-state index contributed by atoms with van der Waals surface area (Å²) in [5.41, 5.74) is -0.323. The molecule has 1 amide bonds. The molecule has 3 rings (SSSR count). The number of nitrogens with one attached hydrogen (secondary N) is 1. The number of carbonyl (C=O) groups is 1. The molecule has 2 aliphatic carbocycles. The van der Waals surface area contributed by atoms with Crippen LogP contribution in [0.1, 0.15) is 70.6 Å². The molecule has 0 bridgehead atoms. The predicted octanol–water partition coefficient (Wildman–Crippen LogP) is 2.67. The lowest BCUT2D eigenvalue weighted by atomic mass is 9.83. The monoisotopic (exact) mass is 356 g/mol. The average molecular weight is 357 g/mol. The molecule has 0 aromatic heterocycles. The van der Waals surface area contributed by atoms with Gasteiger partial charge in [0.1, 0.15) is 0 Å². The van der Waals surface area contributed by atoms with E-state index < -0.39 is 10.0 Å². The molecule has 3 fully saturated rings. The first-order chi connectivity index (χ1) is 11.4. The molecule has 5 nitrogen and oxygen atoms in total. The van der Waals surface area contributed by atoms with Crippen molar-refractivity contribution in [1.82, 2.24) is 9.62 Å². The number of hydrogen-bond donors (Lipinski definition) is 1. The van der Waals surface area contributed by atoms with Crippen molar-refractivity contribution in [2.45, 2.75) is 76.2 Å². The van der Waals surface area contributed by atoms with Gasteiger partial charge < -0.3 is 4.90 Å². The summed E-state index contributed by atoms with van der Waals surface area (Å²) in [4.78, 5) is 14.6. The average Bonchev–Trinajstić information content (AvgIpc) is 3.31. The minimum atomic E-state index is -3.21. The van der Waals surface area contributed by atoms with Crippen molar-refractivity contribution in [2.75, 3.05) is 19.3 Å². The zero-order chi connectivity index (χ0) is 17.2. The van der Waals surface area contributed by atoms with Crippen LogP contribution in [0.2, 0.25) is 0 Å². The van der Waals surface area contributed by atoms with Crippen LogP contribution in [0.25, 0.3) is 0 Å². The molecule has 0 atom stereocenters. The molecule has 0 aromatic rings. The number of hydrogen-bond acceptors (Lipinski definition) is 3. The van der Waals surface area contributed by atoms with Crippen molar-refractivity contribution >= 4 is 15.9 Å². The van der Waals surface area contributed by atoms with Gasteiger partial charge in [0.2, 0.25) is 15.9 Å². The van der Waals surface area contributed by atoms with Gasteiger partial charge in [-0.25, -0.2) is 13.1 Å². The minimum Gasteiger partial charge on any atom is -0.343 e. The van der Waals surface area contributed by atoms with Crippen LogP contribution < -0.4 is 4.72 Å². The van der Waals surface area contributed by atoms with E-state index >= 15 is 0 Å². The number of sulfonamides is 1. The lowest BCUT2D eigenvalue weighted by Crippen LogP contribution is -2.56. The van der Waals surface area contributed by atoms with E-state index in [1.54, 1.807) is 0 Å². The van der Waals surface area contributed by atoms with E-state index in [1.807, 2.05) is 4.90 Å². The molecule has 1 heterocycles. The van der Waals surface area contributed by atoms with Gasteiger partial charge in [0.25, 0.3) is 0 Å². The summed E-state index contributed by atoms with van der Waals surface area (Å²) in [5.74, 6) is 1.52. The van der Waals surface area contributed by atoms with Crippen LogP contribution in [-0.4, -0.2) is 44.1 Å². The first kappa shape index (κ1) is 18.2. The van der Waals surface area contributed by atoms with E-state index in [1.165, 1.54) is 51.2 Å². The summed E-state index contributed by atoms with van der Waals surface area (Å²) >= 11 is 0. The Kier molecular flexibility index (Phi) is 5.55. The maximum Gasteiger partial charge on any atom is 0.222 e. The van der Waals surface area contributed by atoms with E-state index in [-0.39, 0.29) is 11.4 Å². The van der Waals surface area contributed by atoms with Crippen LogP contribution in [0.15, 0.2) is 0 Å². The molecular formula is C18H32N2O3S. The Labute approximate surface area is 146 Å². The van der Waals surface area contributed by atoms with Gasteiger partial charge in [-0.1, -0.05) is 32.1 Å². The third-order valence-corrected chi connectivity index (χ3v) is 6.84. The molecule has 1 N–H and O–H groups in total. The molecule has 2 saturated carbocycles. The summed E-state index contributed by atoms with van der Waals surface area (Å²) in [5, 5.41) is 0. The molecule has 6 heteroatoms. The van der Waals surface area contributed by atoms with Gasteiger partial charge in [-0.05, 0) is 43.9 Å². The third kappa shape index (κ3) is 5.19. The number of likely N-dealkylation sites (tertiary alicyclic amines) is 1. The Morgan fingerprint density at radius 3 is 2.21 bits per heavy atom. The largest absolute Gasteiger partial charge is 0.343 e. The van der Waals surface area contributed by atoms with Gasteiger partial charge >= 0.3 is 0 Å². The predicted molar refractivity (Wildman–Crippen MR) is 95.1 cm³/mol. The fourth-order valence-corrected chi connectivity index (χ4v) is 5.64. The third-order valence-electron chi connectivity index (χ3n) is 6.04. The maximum absolute atomic E-state index is 12.6. The highest BCUT2D eigenvalue weighted by atomic mass is 32.2. The number of piperidine rings is 1. The van der Waals surface area contributed by atoms with Crippen LogP contribution in [0.3, 0.4) is 0 Å². The van der Waals surface area contributed by atoms with Crippen molar-refractivity contribution in [3.05, 3.63) is 0 Å². The lowest BCUT2D eigenvalue weighted by molar-refractivity contribution is -0.134. The Hall–Kier alpha value is -0.620. The zero-order valence-corrected chi connectivity index (χ0v) is 15.7. The van der Waals surface area contributed by atoms with Gasteiger partial charge in [0, 0.05) is 25.0 Å². The SMILES string of the molecule is CS(=O)(=O)NC1(CC2CC2)CCN(C(=O)CC2CCCCC2)CC1. The van der Waals surface area contributed by atoms with Crippen LogP contribution in [-0.2, 0) is 14.8 Å². The Morgan fingerprint density at radius 1 is 1.04 bits per heavy atom. The van der Waals surface area contributed by atoms with Gasteiger partial charge in [-0.3, -0.25) is 4.79 Å². The Balaban J connectivity index is 1.54. The van der Waals surface area contributed by atoms with E-state index in [9.17, 15) is 13.2 Å². The number of rotatable bonds is 6. The first-order valence-corrected chi connectivity index (χ1v) is 11.5. The first-order valence-electron chi connectivity index (χ1n) is 9.62. The second kappa shape index (κ2) is 7.32. The molecule has 24 heavy (non-hydrogen) atoms. The zero-order valence-electron chi connectivity index (χ0n) is 14.9. The number of amides is 1.